The molecule has 0 fully saturated rings. The van der Waals surface area contributed by atoms with E-state index >= 15 is 0 Å². The summed E-state index contributed by atoms with van der Waals surface area (Å²) in [6.07, 6.45) is 62.5. The second-order valence-corrected chi connectivity index (χ2v) is 19.6. The van der Waals surface area contributed by atoms with Crippen molar-refractivity contribution in [2.45, 2.75) is 327 Å². The van der Waals surface area contributed by atoms with Crippen molar-refractivity contribution >= 4 is 5.91 Å². The molecular formula is C57H111NO5. The number of hydrogen-bond donors (Lipinski definition) is 5. The maximum Gasteiger partial charge on any atom is 0.249 e. The van der Waals surface area contributed by atoms with Crippen molar-refractivity contribution in [1.82, 2.24) is 5.32 Å². The molecule has 0 saturated heterocycles. The Kier molecular flexibility index (Phi) is 50.8. The number of hydrogen-bond acceptors (Lipinski definition) is 5. The molecule has 5 N–H and O–H groups in total. The lowest BCUT2D eigenvalue weighted by Crippen LogP contribution is -2.53. The van der Waals surface area contributed by atoms with Gasteiger partial charge in [-0.25, -0.2) is 0 Å². The van der Waals surface area contributed by atoms with Crippen LogP contribution in [0.4, 0.5) is 0 Å². The zero-order valence-corrected chi connectivity index (χ0v) is 42.3. The Hall–Kier alpha value is -1.21. The summed E-state index contributed by atoms with van der Waals surface area (Å²) in [5, 5.41) is 43.9. The molecule has 0 spiro atoms. The maximum atomic E-state index is 12.6. The zero-order chi connectivity index (χ0) is 45.9. The van der Waals surface area contributed by atoms with Crippen LogP contribution in [0.25, 0.3) is 0 Å². The molecule has 1 amide bonds. The van der Waals surface area contributed by atoms with Gasteiger partial charge >= 0.3 is 0 Å². The standard InChI is InChI=1S/C57H111NO5/c1-3-5-7-9-11-13-15-17-19-20-21-22-23-24-25-26-27-28-29-30-31-32-33-34-35-37-39-41-43-45-47-49-51-55(61)57(63)58-53(52-59)56(62)54(60)50-48-46-44-42-40-38-36-18-16-14-12-10-8-6-4-2/h21-22,24-25,53-56,59-62H,3-20,23,26-52H2,1-2H3,(H,58,63)/b22-21-,25-24-. The highest BCUT2D eigenvalue weighted by Crippen LogP contribution is 2.18. The molecule has 0 saturated carbocycles. The van der Waals surface area contributed by atoms with Crippen LogP contribution in [0.2, 0.25) is 0 Å². The Morgan fingerprint density at radius 2 is 0.683 bits per heavy atom. The van der Waals surface area contributed by atoms with Gasteiger partial charge in [0.1, 0.15) is 12.2 Å². The van der Waals surface area contributed by atoms with E-state index in [1.807, 2.05) is 0 Å². The van der Waals surface area contributed by atoms with Crippen molar-refractivity contribution in [2.75, 3.05) is 6.61 Å². The zero-order valence-electron chi connectivity index (χ0n) is 42.3. The average Bonchev–Trinajstić information content (AvgIpc) is 3.29. The number of nitrogens with one attached hydrogen (secondary N) is 1. The number of carbonyl (C=O) groups is 1. The van der Waals surface area contributed by atoms with E-state index in [-0.39, 0.29) is 0 Å². The lowest BCUT2D eigenvalue weighted by atomic mass is 9.99. The molecule has 0 aromatic rings. The summed E-state index contributed by atoms with van der Waals surface area (Å²) in [4.78, 5) is 12.6. The van der Waals surface area contributed by atoms with Crippen LogP contribution in [-0.2, 0) is 4.79 Å². The first-order valence-electron chi connectivity index (χ1n) is 28.2. The lowest BCUT2D eigenvalue weighted by molar-refractivity contribution is -0.132. The normalized spacial score (nSPS) is 13.9. The number of aliphatic hydroxyl groups is 4. The first-order valence-corrected chi connectivity index (χ1v) is 28.2. The summed E-state index contributed by atoms with van der Waals surface area (Å²) in [6.45, 7) is 4.08. The van der Waals surface area contributed by atoms with Crippen LogP contribution in [0.1, 0.15) is 303 Å². The molecule has 4 atom stereocenters. The van der Waals surface area contributed by atoms with Gasteiger partial charge in [-0.2, -0.15) is 0 Å². The fourth-order valence-corrected chi connectivity index (χ4v) is 8.97. The summed E-state index contributed by atoms with van der Waals surface area (Å²) in [6, 6.07) is -0.983. The molecular weight excluding hydrogens is 779 g/mol. The van der Waals surface area contributed by atoms with Crippen LogP contribution in [0.15, 0.2) is 24.3 Å². The number of rotatable bonds is 52. The van der Waals surface area contributed by atoms with Crippen molar-refractivity contribution < 1.29 is 25.2 Å². The van der Waals surface area contributed by atoms with Gasteiger partial charge in [-0.1, -0.05) is 282 Å². The number of amides is 1. The molecule has 0 rings (SSSR count). The van der Waals surface area contributed by atoms with Gasteiger partial charge in [0.2, 0.25) is 5.91 Å². The van der Waals surface area contributed by atoms with E-state index in [2.05, 4.69) is 43.5 Å². The van der Waals surface area contributed by atoms with Gasteiger partial charge < -0.3 is 25.7 Å². The van der Waals surface area contributed by atoms with Gasteiger partial charge in [-0.3, -0.25) is 4.79 Å². The fourth-order valence-electron chi connectivity index (χ4n) is 8.97. The highest BCUT2D eigenvalue weighted by atomic mass is 16.3. The van der Waals surface area contributed by atoms with Crippen molar-refractivity contribution in [1.29, 1.82) is 0 Å². The summed E-state index contributed by atoms with van der Waals surface area (Å²) in [5.74, 6) is -0.580. The fraction of sp³-hybridized carbons (Fsp3) is 0.912. The second kappa shape index (κ2) is 51.8. The van der Waals surface area contributed by atoms with Crippen LogP contribution in [-0.4, -0.2) is 57.3 Å². The minimum Gasteiger partial charge on any atom is -0.394 e. The maximum absolute atomic E-state index is 12.6. The van der Waals surface area contributed by atoms with E-state index in [4.69, 9.17) is 0 Å². The van der Waals surface area contributed by atoms with E-state index in [1.54, 1.807) is 0 Å². The van der Waals surface area contributed by atoms with E-state index in [1.165, 1.54) is 231 Å². The predicted molar refractivity (Wildman–Crippen MR) is 274 cm³/mol. The third-order valence-electron chi connectivity index (χ3n) is 13.4. The highest BCUT2D eigenvalue weighted by molar-refractivity contribution is 5.80. The third-order valence-corrected chi connectivity index (χ3v) is 13.4. The van der Waals surface area contributed by atoms with E-state index in [9.17, 15) is 25.2 Å². The molecule has 374 valence electrons. The molecule has 0 aromatic heterocycles. The quantitative estimate of drug-likeness (QED) is 0.0309. The molecule has 0 aliphatic rings. The molecule has 63 heavy (non-hydrogen) atoms. The summed E-state index contributed by atoms with van der Waals surface area (Å²) in [5.41, 5.74) is 0. The minimum atomic E-state index is -1.26. The molecule has 0 aliphatic carbocycles. The summed E-state index contributed by atoms with van der Waals surface area (Å²) >= 11 is 0. The largest absolute Gasteiger partial charge is 0.394 e. The van der Waals surface area contributed by atoms with Gasteiger partial charge in [0, 0.05) is 0 Å². The van der Waals surface area contributed by atoms with Crippen molar-refractivity contribution in [2.24, 2.45) is 0 Å². The Labute approximate surface area is 393 Å². The van der Waals surface area contributed by atoms with Gasteiger partial charge in [0.05, 0.1) is 18.8 Å². The number of allylic oxidation sites excluding steroid dienone is 4. The van der Waals surface area contributed by atoms with Crippen LogP contribution in [0.5, 0.6) is 0 Å². The Morgan fingerprint density at radius 1 is 0.397 bits per heavy atom. The van der Waals surface area contributed by atoms with Gasteiger partial charge in [-0.05, 0) is 44.9 Å². The smallest absolute Gasteiger partial charge is 0.249 e. The Bertz CT molecular complexity index is 955. The van der Waals surface area contributed by atoms with E-state index in [0.29, 0.717) is 12.8 Å². The summed E-state index contributed by atoms with van der Waals surface area (Å²) < 4.78 is 0. The van der Waals surface area contributed by atoms with Gasteiger partial charge in [0.25, 0.3) is 0 Å². The third kappa shape index (κ3) is 45.7. The van der Waals surface area contributed by atoms with Crippen molar-refractivity contribution in [3.8, 4) is 0 Å². The van der Waals surface area contributed by atoms with Gasteiger partial charge in [0.15, 0.2) is 0 Å². The predicted octanol–water partition coefficient (Wildman–Crippen LogP) is 16.3. The second-order valence-electron chi connectivity index (χ2n) is 19.6. The Morgan fingerprint density at radius 3 is 1.00 bits per heavy atom. The van der Waals surface area contributed by atoms with E-state index in [0.717, 1.165) is 44.9 Å². The lowest BCUT2D eigenvalue weighted by Gasteiger charge is -2.27. The van der Waals surface area contributed by atoms with Crippen molar-refractivity contribution in [3.63, 3.8) is 0 Å². The number of unbranched alkanes of at least 4 members (excludes halogenated alkanes) is 39. The average molecular weight is 891 g/mol. The molecule has 0 heterocycles. The summed E-state index contributed by atoms with van der Waals surface area (Å²) in [7, 11) is 0. The molecule has 0 radical (unpaired) electrons. The first kappa shape index (κ1) is 61.8. The molecule has 4 unspecified atom stereocenters. The molecule has 0 aromatic carbocycles. The Balaban J connectivity index is 3.57. The molecule has 0 bridgehead atoms. The molecule has 0 aliphatic heterocycles. The minimum absolute atomic E-state index is 0.372. The topological polar surface area (TPSA) is 110 Å². The number of aliphatic hydroxyl groups excluding tert-OH is 4. The van der Waals surface area contributed by atoms with Crippen LogP contribution < -0.4 is 5.32 Å². The SMILES string of the molecule is CCCCCCCCCCC/C=C\C/C=C\CCCCCCCCCCCCCCCCCCC(O)C(=O)NC(CO)C(O)C(O)CCCCCCCCCCCCCCCCC. The number of carbonyl (C=O) groups excluding carboxylic acids is 1. The van der Waals surface area contributed by atoms with Crippen LogP contribution in [0.3, 0.4) is 0 Å². The highest BCUT2D eigenvalue weighted by Gasteiger charge is 2.28. The molecule has 6 heteroatoms. The van der Waals surface area contributed by atoms with E-state index < -0.39 is 36.9 Å². The van der Waals surface area contributed by atoms with Crippen molar-refractivity contribution in [3.05, 3.63) is 24.3 Å². The van der Waals surface area contributed by atoms with Crippen LogP contribution >= 0.6 is 0 Å². The van der Waals surface area contributed by atoms with Gasteiger partial charge in [-0.15, -0.1) is 0 Å². The van der Waals surface area contributed by atoms with Crippen LogP contribution in [0, 0.1) is 0 Å². The first-order chi connectivity index (χ1) is 31.0. The monoisotopic (exact) mass is 890 g/mol. The molecule has 6 nitrogen and oxygen atoms in total.